The third-order valence-corrected chi connectivity index (χ3v) is 1.75. The Balaban J connectivity index is 2.49. The average Bonchev–Trinajstić information content (AvgIpc) is 2.15. The van der Waals surface area contributed by atoms with E-state index in [1.807, 2.05) is 31.2 Å². The summed E-state index contributed by atoms with van der Waals surface area (Å²) in [6, 6.07) is 7.60. The second kappa shape index (κ2) is 5.20. The summed E-state index contributed by atoms with van der Waals surface area (Å²) >= 11 is 0. The number of benzene rings is 1. The van der Waals surface area contributed by atoms with Crippen molar-refractivity contribution in [2.75, 3.05) is 6.61 Å². The van der Waals surface area contributed by atoms with Crippen molar-refractivity contribution in [3.63, 3.8) is 0 Å². The van der Waals surface area contributed by atoms with Crippen molar-refractivity contribution in [2.24, 2.45) is 4.99 Å². The number of carbonyl (C=O) groups excluding carboxylic acids is 1. The highest BCUT2D eigenvalue weighted by molar-refractivity contribution is 5.33. The van der Waals surface area contributed by atoms with Crippen LogP contribution in [0.25, 0.3) is 0 Å². The van der Waals surface area contributed by atoms with Gasteiger partial charge in [0.25, 0.3) is 0 Å². The third-order valence-electron chi connectivity index (χ3n) is 1.75. The van der Waals surface area contributed by atoms with E-state index in [0.717, 1.165) is 11.3 Å². The minimum atomic E-state index is -0.145. The molecule has 3 heteroatoms. The lowest BCUT2D eigenvalue weighted by molar-refractivity contribution is 0.296. The summed E-state index contributed by atoms with van der Waals surface area (Å²) in [5.41, 5.74) is 1.15. The molecule has 0 saturated carbocycles. The van der Waals surface area contributed by atoms with Gasteiger partial charge in [-0.1, -0.05) is 12.1 Å². The minimum absolute atomic E-state index is 0.145. The first-order valence-corrected chi connectivity index (χ1v) is 4.49. The molecular formula is C11H13NO2. The summed E-state index contributed by atoms with van der Waals surface area (Å²) in [7, 11) is 0. The van der Waals surface area contributed by atoms with Crippen LogP contribution in [0.3, 0.4) is 0 Å². The van der Waals surface area contributed by atoms with E-state index in [0.29, 0.717) is 6.61 Å². The highest BCUT2D eigenvalue weighted by atomic mass is 16.5. The van der Waals surface area contributed by atoms with E-state index >= 15 is 0 Å². The maximum absolute atomic E-state index is 9.93. The van der Waals surface area contributed by atoms with Crippen LogP contribution < -0.4 is 4.74 Å². The van der Waals surface area contributed by atoms with Gasteiger partial charge in [0.2, 0.25) is 6.08 Å². The van der Waals surface area contributed by atoms with E-state index in [1.54, 1.807) is 6.92 Å². The molecule has 0 radical (unpaired) electrons. The van der Waals surface area contributed by atoms with Crippen molar-refractivity contribution in [1.29, 1.82) is 0 Å². The molecule has 14 heavy (non-hydrogen) atoms. The summed E-state index contributed by atoms with van der Waals surface area (Å²) in [5, 5.41) is 0. The number of isocyanates is 1. The van der Waals surface area contributed by atoms with Crippen LogP contribution in [0.5, 0.6) is 5.75 Å². The number of hydrogen-bond acceptors (Lipinski definition) is 3. The Hall–Kier alpha value is -1.60. The van der Waals surface area contributed by atoms with Crippen LogP contribution in [0, 0.1) is 6.92 Å². The molecule has 0 aliphatic heterocycles. The van der Waals surface area contributed by atoms with Crippen LogP contribution in [0.15, 0.2) is 29.3 Å². The van der Waals surface area contributed by atoms with E-state index in [2.05, 4.69) is 4.99 Å². The highest BCUT2D eigenvalue weighted by Gasteiger charge is 2.00. The van der Waals surface area contributed by atoms with Gasteiger partial charge >= 0.3 is 0 Å². The first kappa shape index (κ1) is 10.5. The molecule has 0 aromatic heterocycles. The molecule has 0 saturated heterocycles. The van der Waals surface area contributed by atoms with E-state index in [4.69, 9.17) is 4.74 Å². The van der Waals surface area contributed by atoms with Crippen LogP contribution in [-0.4, -0.2) is 18.7 Å². The fraction of sp³-hybridized carbons (Fsp3) is 0.364. The summed E-state index contributed by atoms with van der Waals surface area (Å²) in [5.74, 6) is 0.804. The number of aliphatic imine (C=N–C) groups is 1. The number of nitrogens with zero attached hydrogens (tertiary/aromatic N) is 1. The van der Waals surface area contributed by atoms with Crippen LogP contribution in [0.4, 0.5) is 0 Å². The van der Waals surface area contributed by atoms with Gasteiger partial charge in [0.1, 0.15) is 12.4 Å². The van der Waals surface area contributed by atoms with Crippen molar-refractivity contribution in [3.05, 3.63) is 29.8 Å². The van der Waals surface area contributed by atoms with Crippen molar-refractivity contribution < 1.29 is 9.53 Å². The maximum Gasteiger partial charge on any atom is 0.235 e. The van der Waals surface area contributed by atoms with Crippen LogP contribution in [0.1, 0.15) is 12.5 Å². The standard InChI is InChI=1S/C11H13NO2/c1-9-4-3-5-11(6-9)14-7-10(2)12-8-13/h3-6,10H,7H2,1-2H3. The molecule has 1 rings (SSSR count). The van der Waals surface area contributed by atoms with Gasteiger partial charge in [-0.25, -0.2) is 4.79 Å². The van der Waals surface area contributed by atoms with Gasteiger partial charge in [-0.3, -0.25) is 0 Å². The summed E-state index contributed by atoms with van der Waals surface area (Å²) < 4.78 is 5.43. The third kappa shape index (κ3) is 3.42. The predicted octanol–water partition coefficient (Wildman–Crippen LogP) is 2.10. The fourth-order valence-corrected chi connectivity index (χ4v) is 1.05. The number of ether oxygens (including phenoxy) is 1. The normalized spacial score (nSPS) is 11.6. The monoisotopic (exact) mass is 191 g/mol. The Morgan fingerprint density at radius 3 is 3.00 bits per heavy atom. The Kier molecular flexibility index (Phi) is 3.89. The zero-order valence-electron chi connectivity index (χ0n) is 8.36. The Morgan fingerprint density at radius 2 is 2.36 bits per heavy atom. The van der Waals surface area contributed by atoms with Crippen LogP contribution in [0.2, 0.25) is 0 Å². The molecule has 3 nitrogen and oxygen atoms in total. The van der Waals surface area contributed by atoms with Gasteiger partial charge in [-0.2, -0.15) is 4.99 Å². The molecule has 0 aliphatic rings. The Morgan fingerprint density at radius 1 is 1.57 bits per heavy atom. The molecule has 0 spiro atoms. The second-order valence-corrected chi connectivity index (χ2v) is 3.20. The maximum atomic E-state index is 9.93. The minimum Gasteiger partial charge on any atom is -0.491 e. The zero-order chi connectivity index (χ0) is 10.4. The lowest BCUT2D eigenvalue weighted by atomic mass is 10.2. The highest BCUT2D eigenvalue weighted by Crippen LogP contribution is 2.12. The van der Waals surface area contributed by atoms with Gasteiger partial charge < -0.3 is 4.74 Å². The van der Waals surface area contributed by atoms with E-state index < -0.39 is 0 Å². The van der Waals surface area contributed by atoms with Gasteiger partial charge in [0.05, 0.1) is 6.04 Å². The summed E-state index contributed by atoms with van der Waals surface area (Å²) in [4.78, 5) is 13.5. The SMILES string of the molecule is Cc1cccc(OCC(C)N=C=O)c1. The van der Waals surface area contributed by atoms with E-state index in [9.17, 15) is 4.79 Å². The van der Waals surface area contributed by atoms with Crippen molar-refractivity contribution in [3.8, 4) is 5.75 Å². The fourth-order valence-electron chi connectivity index (χ4n) is 1.05. The average molecular weight is 191 g/mol. The lowest BCUT2D eigenvalue weighted by Crippen LogP contribution is -2.11. The van der Waals surface area contributed by atoms with Crippen LogP contribution >= 0.6 is 0 Å². The van der Waals surface area contributed by atoms with Gasteiger partial charge in [0.15, 0.2) is 0 Å². The zero-order valence-corrected chi connectivity index (χ0v) is 8.36. The Labute approximate surface area is 83.4 Å². The lowest BCUT2D eigenvalue weighted by Gasteiger charge is -2.08. The van der Waals surface area contributed by atoms with Gasteiger partial charge in [0, 0.05) is 0 Å². The number of rotatable bonds is 4. The molecule has 1 aromatic rings. The molecule has 1 unspecified atom stereocenters. The molecule has 0 fully saturated rings. The molecule has 74 valence electrons. The first-order chi connectivity index (χ1) is 6.72. The topological polar surface area (TPSA) is 38.7 Å². The first-order valence-electron chi connectivity index (χ1n) is 4.49. The quantitative estimate of drug-likeness (QED) is 0.540. The van der Waals surface area contributed by atoms with Gasteiger partial charge in [-0.15, -0.1) is 0 Å². The molecule has 1 atom stereocenters. The smallest absolute Gasteiger partial charge is 0.235 e. The molecule has 0 N–H and O–H groups in total. The summed E-state index contributed by atoms with van der Waals surface area (Å²) in [6.45, 7) is 4.21. The largest absolute Gasteiger partial charge is 0.491 e. The van der Waals surface area contributed by atoms with E-state index in [1.165, 1.54) is 6.08 Å². The van der Waals surface area contributed by atoms with Gasteiger partial charge in [-0.05, 0) is 31.5 Å². The Bertz CT molecular complexity index is 343. The molecule has 0 amide bonds. The summed E-state index contributed by atoms with van der Waals surface area (Å²) in [6.07, 6.45) is 1.51. The number of hydrogen-bond donors (Lipinski definition) is 0. The molecule has 0 bridgehead atoms. The molecular weight excluding hydrogens is 178 g/mol. The molecule has 1 aromatic carbocycles. The molecule has 0 aliphatic carbocycles. The van der Waals surface area contributed by atoms with E-state index in [-0.39, 0.29) is 6.04 Å². The van der Waals surface area contributed by atoms with Crippen molar-refractivity contribution in [2.45, 2.75) is 19.9 Å². The predicted molar refractivity (Wildman–Crippen MR) is 54.3 cm³/mol. The van der Waals surface area contributed by atoms with Crippen molar-refractivity contribution in [1.82, 2.24) is 0 Å². The van der Waals surface area contributed by atoms with Crippen LogP contribution in [-0.2, 0) is 4.79 Å². The second-order valence-electron chi connectivity index (χ2n) is 3.20. The van der Waals surface area contributed by atoms with Crippen molar-refractivity contribution >= 4 is 6.08 Å². The number of aryl methyl sites for hydroxylation is 1. The molecule has 0 heterocycles.